The number of benzene rings is 1. The number of aromatic nitrogens is 2. The Kier molecular flexibility index (Phi) is 2.83. The third kappa shape index (κ3) is 2.18. The van der Waals surface area contributed by atoms with Crippen molar-refractivity contribution in [3.05, 3.63) is 52.5 Å². The standard InChI is InChI=1S/C14H10F2N4O/c15-9-3-10(16)11(17)2-7(9)8-1-6-5-19-13(18)4-12(6)20-14(8)21/h1-5H,17H2,(H2,18,19)(H,20,21). The molecule has 0 atom stereocenters. The van der Waals surface area contributed by atoms with Crippen LogP contribution in [0.1, 0.15) is 0 Å². The van der Waals surface area contributed by atoms with Crippen molar-refractivity contribution in [1.82, 2.24) is 9.97 Å². The lowest BCUT2D eigenvalue weighted by Crippen LogP contribution is -2.10. The SMILES string of the molecule is Nc1cc2[nH]c(=O)c(-c3cc(N)c(F)cc3F)cc2cn1. The van der Waals surface area contributed by atoms with E-state index in [0.29, 0.717) is 17.0 Å². The zero-order valence-electron chi connectivity index (χ0n) is 10.7. The summed E-state index contributed by atoms with van der Waals surface area (Å²) in [5.41, 5.74) is 10.6. The Morgan fingerprint density at radius 3 is 2.52 bits per heavy atom. The molecule has 0 aliphatic carbocycles. The molecule has 2 heterocycles. The Morgan fingerprint density at radius 2 is 1.76 bits per heavy atom. The first-order chi connectivity index (χ1) is 9.95. The van der Waals surface area contributed by atoms with E-state index in [0.717, 1.165) is 6.07 Å². The molecule has 106 valence electrons. The summed E-state index contributed by atoms with van der Waals surface area (Å²) in [6, 6.07) is 4.69. The van der Waals surface area contributed by atoms with Crippen LogP contribution in [0, 0.1) is 11.6 Å². The van der Waals surface area contributed by atoms with Crippen molar-refractivity contribution in [2.45, 2.75) is 0 Å². The van der Waals surface area contributed by atoms with Gasteiger partial charge in [-0.3, -0.25) is 4.79 Å². The molecule has 1 aromatic carbocycles. The molecule has 5 nitrogen and oxygen atoms in total. The second-order valence-electron chi connectivity index (χ2n) is 4.56. The van der Waals surface area contributed by atoms with Crippen LogP contribution < -0.4 is 17.0 Å². The average molecular weight is 288 g/mol. The van der Waals surface area contributed by atoms with Gasteiger partial charge in [-0.1, -0.05) is 0 Å². The maximum absolute atomic E-state index is 13.9. The van der Waals surface area contributed by atoms with E-state index in [1.165, 1.54) is 18.3 Å². The van der Waals surface area contributed by atoms with Crippen molar-refractivity contribution < 1.29 is 8.78 Å². The number of H-pyrrole nitrogens is 1. The molecular weight excluding hydrogens is 278 g/mol. The van der Waals surface area contributed by atoms with Gasteiger partial charge in [-0.25, -0.2) is 13.8 Å². The molecule has 0 bridgehead atoms. The first kappa shape index (κ1) is 13.0. The number of hydrogen-bond acceptors (Lipinski definition) is 4. The predicted octanol–water partition coefficient (Wildman–Crippen LogP) is 2.03. The number of nitrogens with zero attached hydrogens (tertiary/aromatic N) is 1. The number of halogens is 2. The first-order valence-electron chi connectivity index (χ1n) is 5.99. The monoisotopic (exact) mass is 288 g/mol. The Hall–Kier alpha value is -2.96. The van der Waals surface area contributed by atoms with Crippen LogP contribution >= 0.6 is 0 Å². The Bertz CT molecular complexity index is 921. The molecule has 3 aromatic rings. The molecule has 7 heteroatoms. The number of hydrogen-bond donors (Lipinski definition) is 3. The summed E-state index contributed by atoms with van der Waals surface area (Å²) >= 11 is 0. The van der Waals surface area contributed by atoms with Gasteiger partial charge in [0, 0.05) is 29.3 Å². The van der Waals surface area contributed by atoms with Crippen LogP contribution in [-0.4, -0.2) is 9.97 Å². The second kappa shape index (κ2) is 4.55. The van der Waals surface area contributed by atoms with Crippen molar-refractivity contribution in [2.75, 3.05) is 11.5 Å². The fourth-order valence-electron chi connectivity index (χ4n) is 2.09. The molecule has 0 fully saturated rings. The number of rotatable bonds is 1. The van der Waals surface area contributed by atoms with Gasteiger partial charge in [0.1, 0.15) is 17.5 Å². The van der Waals surface area contributed by atoms with Crippen molar-refractivity contribution in [3.63, 3.8) is 0 Å². The summed E-state index contributed by atoms with van der Waals surface area (Å²) in [5, 5.41) is 0.570. The molecule has 0 unspecified atom stereocenters. The number of anilines is 2. The summed E-state index contributed by atoms with van der Waals surface area (Å²) < 4.78 is 27.1. The molecule has 0 amide bonds. The number of nitrogens with two attached hydrogens (primary N) is 2. The molecule has 0 aliphatic heterocycles. The minimum absolute atomic E-state index is 0.0401. The topological polar surface area (TPSA) is 97.8 Å². The minimum Gasteiger partial charge on any atom is -0.396 e. The highest BCUT2D eigenvalue weighted by molar-refractivity contribution is 5.84. The van der Waals surface area contributed by atoms with Gasteiger partial charge in [0.05, 0.1) is 16.8 Å². The Balaban J connectivity index is 2.30. The summed E-state index contributed by atoms with van der Waals surface area (Å²) in [4.78, 5) is 18.6. The first-order valence-corrected chi connectivity index (χ1v) is 5.99. The van der Waals surface area contributed by atoms with E-state index < -0.39 is 17.2 Å². The quantitative estimate of drug-likeness (QED) is 0.597. The maximum atomic E-state index is 13.9. The Morgan fingerprint density at radius 1 is 1.00 bits per heavy atom. The lowest BCUT2D eigenvalue weighted by Gasteiger charge is -2.07. The highest BCUT2D eigenvalue weighted by Crippen LogP contribution is 2.26. The molecule has 0 saturated carbocycles. The lowest BCUT2D eigenvalue weighted by molar-refractivity contribution is 0.588. The third-order valence-electron chi connectivity index (χ3n) is 3.13. The van der Waals surface area contributed by atoms with Crippen LogP contribution in [0.15, 0.2) is 35.3 Å². The molecule has 0 radical (unpaired) electrons. The highest BCUT2D eigenvalue weighted by Gasteiger charge is 2.14. The zero-order valence-corrected chi connectivity index (χ0v) is 10.7. The predicted molar refractivity (Wildman–Crippen MR) is 76.5 cm³/mol. The number of nitrogens with one attached hydrogen (secondary N) is 1. The smallest absolute Gasteiger partial charge is 0.256 e. The van der Waals surface area contributed by atoms with Gasteiger partial charge in [-0.2, -0.15) is 0 Å². The van der Waals surface area contributed by atoms with Crippen LogP contribution in [0.5, 0.6) is 0 Å². The number of nitrogen functional groups attached to an aromatic ring is 2. The third-order valence-corrected chi connectivity index (χ3v) is 3.13. The Labute approximate surface area is 117 Å². The molecule has 0 saturated heterocycles. The molecule has 3 rings (SSSR count). The maximum Gasteiger partial charge on any atom is 0.256 e. The van der Waals surface area contributed by atoms with E-state index >= 15 is 0 Å². The fraction of sp³-hybridized carbons (Fsp3) is 0. The summed E-state index contributed by atoms with van der Waals surface area (Å²) in [5.74, 6) is -1.49. The minimum atomic E-state index is -0.872. The van der Waals surface area contributed by atoms with Crippen LogP contribution in [0.2, 0.25) is 0 Å². The van der Waals surface area contributed by atoms with E-state index in [4.69, 9.17) is 11.5 Å². The lowest BCUT2D eigenvalue weighted by atomic mass is 10.0. The van der Waals surface area contributed by atoms with E-state index in [2.05, 4.69) is 9.97 Å². The number of aromatic amines is 1. The highest BCUT2D eigenvalue weighted by atomic mass is 19.1. The zero-order chi connectivity index (χ0) is 15.1. The van der Waals surface area contributed by atoms with Gasteiger partial charge in [-0.15, -0.1) is 0 Å². The molecule has 5 N–H and O–H groups in total. The van der Waals surface area contributed by atoms with E-state index in [9.17, 15) is 13.6 Å². The van der Waals surface area contributed by atoms with Crippen LogP contribution in [0.25, 0.3) is 22.0 Å². The number of fused-ring (bicyclic) bond motifs is 1. The molecule has 0 aliphatic rings. The average Bonchev–Trinajstić information content (AvgIpc) is 2.42. The van der Waals surface area contributed by atoms with Gasteiger partial charge in [0.2, 0.25) is 0 Å². The van der Waals surface area contributed by atoms with Crippen molar-refractivity contribution >= 4 is 22.4 Å². The molecule has 21 heavy (non-hydrogen) atoms. The summed E-state index contributed by atoms with van der Waals surface area (Å²) in [6.45, 7) is 0. The van der Waals surface area contributed by atoms with Crippen LogP contribution in [-0.2, 0) is 0 Å². The van der Waals surface area contributed by atoms with Gasteiger partial charge in [0.25, 0.3) is 5.56 Å². The van der Waals surface area contributed by atoms with Gasteiger partial charge in [-0.05, 0) is 12.1 Å². The van der Waals surface area contributed by atoms with E-state index in [-0.39, 0.29) is 22.6 Å². The number of pyridine rings is 2. The van der Waals surface area contributed by atoms with Gasteiger partial charge >= 0.3 is 0 Å². The van der Waals surface area contributed by atoms with Crippen molar-refractivity contribution in [2.24, 2.45) is 0 Å². The van der Waals surface area contributed by atoms with Gasteiger partial charge < -0.3 is 16.5 Å². The van der Waals surface area contributed by atoms with Crippen LogP contribution in [0.4, 0.5) is 20.3 Å². The summed E-state index contributed by atoms with van der Waals surface area (Å²) in [6.07, 6.45) is 1.45. The normalized spacial score (nSPS) is 11.0. The molecular formula is C14H10F2N4O. The second-order valence-corrected chi connectivity index (χ2v) is 4.56. The molecule has 2 aromatic heterocycles. The largest absolute Gasteiger partial charge is 0.396 e. The van der Waals surface area contributed by atoms with E-state index in [1.54, 1.807) is 0 Å². The molecule has 0 spiro atoms. The van der Waals surface area contributed by atoms with Crippen molar-refractivity contribution in [1.29, 1.82) is 0 Å². The van der Waals surface area contributed by atoms with Crippen LogP contribution in [0.3, 0.4) is 0 Å². The fourth-order valence-corrected chi connectivity index (χ4v) is 2.09. The van der Waals surface area contributed by atoms with Gasteiger partial charge in [0.15, 0.2) is 0 Å². The summed E-state index contributed by atoms with van der Waals surface area (Å²) in [7, 11) is 0. The van der Waals surface area contributed by atoms with Crippen molar-refractivity contribution in [3.8, 4) is 11.1 Å². The van der Waals surface area contributed by atoms with E-state index in [1.807, 2.05) is 0 Å².